The fraction of sp³-hybridized carbons (Fsp3) is 0.786. The van der Waals surface area contributed by atoms with Gasteiger partial charge in [0.25, 0.3) is 0 Å². The molecule has 0 aromatic carbocycles. The van der Waals surface area contributed by atoms with Crippen molar-refractivity contribution in [1.82, 2.24) is 15.0 Å². The standard InChI is InChI=1S/C14H26N6O/c1-5-6-15-11-16-12(19-14(2,3)4)18-13(17-11)20-7-9-21-10-8-20/h5-10H2,1-4H3,(H2,15,16,17,18,19). The molecule has 0 atom stereocenters. The molecular formula is C14H26N6O. The van der Waals surface area contributed by atoms with Gasteiger partial charge in [0, 0.05) is 25.2 Å². The minimum atomic E-state index is -0.0916. The van der Waals surface area contributed by atoms with Gasteiger partial charge in [-0.15, -0.1) is 0 Å². The molecule has 1 aliphatic rings. The second kappa shape index (κ2) is 6.89. The van der Waals surface area contributed by atoms with Crippen molar-refractivity contribution in [2.45, 2.75) is 39.7 Å². The number of ether oxygens (including phenoxy) is 1. The molecule has 1 aromatic rings. The molecule has 0 aliphatic carbocycles. The summed E-state index contributed by atoms with van der Waals surface area (Å²) >= 11 is 0. The first kappa shape index (κ1) is 15.8. The number of morpholine rings is 1. The molecule has 1 saturated heterocycles. The van der Waals surface area contributed by atoms with Gasteiger partial charge in [-0.2, -0.15) is 15.0 Å². The van der Waals surface area contributed by atoms with E-state index in [1.165, 1.54) is 0 Å². The van der Waals surface area contributed by atoms with Gasteiger partial charge < -0.3 is 20.3 Å². The van der Waals surface area contributed by atoms with E-state index >= 15 is 0 Å². The summed E-state index contributed by atoms with van der Waals surface area (Å²) in [7, 11) is 0. The first-order valence-corrected chi connectivity index (χ1v) is 7.59. The van der Waals surface area contributed by atoms with E-state index in [1.54, 1.807) is 0 Å². The van der Waals surface area contributed by atoms with E-state index in [0.29, 0.717) is 31.1 Å². The van der Waals surface area contributed by atoms with Gasteiger partial charge in [0.1, 0.15) is 0 Å². The summed E-state index contributed by atoms with van der Waals surface area (Å²) in [5.74, 6) is 1.94. The first-order valence-electron chi connectivity index (χ1n) is 7.59. The van der Waals surface area contributed by atoms with Gasteiger partial charge in [-0.3, -0.25) is 0 Å². The predicted molar refractivity (Wildman–Crippen MR) is 85.0 cm³/mol. The maximum absolute atomic E-state index is 5.38. The van der Waals surface area contributed by atoms with Gasteiger partial charge in [-0.25, -0.2) is 0 Å². The normalized spacial score (nSPS) is 15.9. The van der Waals surface area contributed by atoms with E-state index in [2.05, 4.69) is 58.2 Å². The average molecular weight is 294 g/mol. The number of anilines is 3. The number of hydrogen-bond donors (Lipinski definition) is 2. The quantitative estimate of drug-likeness (QED) is 0.856. The van der Waals surface area contributed by atoms with Crippen molar-refractivity contribution in [2.75, 3.05) is 48.4 Å². The van der Waals surface area contributed by atoms with Crippen LogP contribution in [0, 0.1) is 0 Å². The fourth-order valence-corrected chi connectivity index (χ4v) is 1.98. The smallest absolute Gasteiger partial charge is 0.232 e. The van der Waals surface area contributed by atoms with E-state index in [0.717, 1.165) is 26.1 Å². The van der Waals surface area contributed by atoms with E-state index in [1.807, 2.05) is 0 Å². The molecule has 0 spiro atoms. The number of rotatable bonds is 5. The van der Waals surface area contributed by atoms with Gasteiger partial charge in [-0.05, 0) is 27.2 Å². The Labute approximate surface area is 126 Å². The third kappa shape index (κ3) is 5.00. The Kier molecular flexibility index (Phi) is 5.17. The lowest BCUT2D eigenvalue weighted by Gasteiger charge is -2.28. The topological polar surface area (TPSA) is 75.2 Å². The lowest BCUT2D eigenvalue weighted by atomic mass is 10.1. The van der Waals surface area contributed by atoms with Crippen LogP contribution in [0.5, 0.6) is 0 Å². The Morgan fingerprint density at radius 2 is 1.76 bits per heavy atom. The molecule has 0 unspecified atom stereocenters. The van der Waals surface area contributed by atoms with E-state index in [4.69, 9.17) is 4.74 Å². The molecule has 0 amide bonds. The molecule has 2 N–H and O–H groups in total. The van der Waals surface area contributed by atoms with Gasteiger partial charge in [-0.1, -0.05) is 6.92 Å². The zero-order valence-corrected chi connectivity index (χ0v) is 13.4. The molecule has 2 heterocycles. The molecule has 118 valence electrons. The highest BCUT2D eigenvalue weighted by molar-refractivity contribution is 5.44. The van der Waals surface area contributed by atoms with Gasteiger partial charge in [0.15, 0.2) is 0 Å². The summed E-state index contributed by atoms with van der Waals surface area (Å²) in [5.41, 5.74) is -0.0916. The second-order valence-electron chi connectivity index (χ2n) is 6.18. The monoisotopic (exact) mass is 294 g/mol. The molecule has 1 fully saturated rings. The SMILES string of the molecule is CCCNc1nc(NC(C)(C)C)nc(N2CCOCC2)n1. The third-order valence-corrected chi connectivity index (χ3v) is 2.94. The molecule has 2 rings (SSSR count). The Bertz CT molecular complexity index is 453. The van der Waals surface area contributed by atoms with Crippen LogP contribution in [0.15, 0.2) is 0 Å². The maximum Gasteiger partial charge on any atom is 0.232 e. The number of nitrogens with one attached hydrogen (secondary N) is 2. The minimum absolute atomic E-state index is 0.0916. The van der Waals surface area contributed by atoms with E-state index < -0.39 is 0 Å². The summed E-state index contributed by atoms with van der Waals surface area (Å²) in [4.78, 5) is 15.7. The van der Waals surface area contributed by atoms with Crippen molar-refractivity contribution >= 4 is 17.8 Å². The van der Waals surface area contributed by atoms with Crippen LogP contribution in [0.1, 0.15) is 34.1 Å². The summed E-state index contributed by atoms with van der Waals surface area (Å²) in [6.45, 7) is 12.3. The zero-order chi connectivity index (χ0) is 15.3. The lowest BCUT2D eigenvalue weighted by Crippen LogP contribution is -2.38. The first-order chi connectivity index (χ1) is 9.98. The van der Waals surface area contributed by atoms with E-state index in [9.17, 15) is 0 Å². The molecule has 0 saturated carbocycles. The summed E-state index contributed by atoms with van der Waals surface area (Å²) in [5, 5.41) is 6.56. The van der Waals surface area contributed by atoms with Crippen molar-refractivity contribution in [3.63, 3.8) is 0 Å². The third-order valence-electron chi connectivity index (χ3n) is 2.94. The largest absolute Gasteiger partial charge is 0.378 e. The summed E-state index contributed by atoms with van der Waals surface area (Å²) in [6, 6.07) is 0. The Morgan fingerprint density at radius 3 is 2.38 bits per heavy atom. The molecular weight excluding hydrogens is 268 g/mol. The molecule has 1 aliphatic heterocycles. The Morgan fingerprint density at radius 1 is 1.10 bits per heavy atom. The van der Waals surface area contributed by atoms with Crippen LogP contribution >= 0.6 is 0 Å². The Balaban J connectivity index is 2.22. The van der Waals surface area contributed by atoms with Crippen molar-refractivity contribution in [3.05, 3.63) is 0 Å². The van der Waals surface area contributed by atoms with E-state index in [-0.39, 0.29) is 5.54 Å². The molecule has 7 nitrogen and oxygen atoms in total. The van der Waals surface area contributed by atoms with Crippen LogP contribution in [-0.2, 0) is 4.74 Å². The molecule has 21 heavy (non-hydrogen) atoms. The van der Waals surface area contributed by atoms with Crippen LogP contribution in [0.2, 0.25) is 0 Å². The van der Waals surface area contributed by atoms with Gasteiger partial charge in [0.05, 0.1) is 13.2 Å². The Hall–Kier alpha value is -1.63. The highest BCUT2D eigenvalue weighted by Crippen LogP contribution is 2.17. The fourth-order valence-electron chi connectivity index (χ4n) is 1.98. The zero-order valence-electron chi connectivity index (χ0n) is 13.4. The molecule has 1 aromatic heterocycles. The predicted octanol–water partition coefficient (Wildman–Crippen LogP) is 1.74. The molecule has 0 radical (unpaired) electrons. The second-order valence-corrected chi connectivity index (χ2v) is 6.18. The van der Waals surface area contributed by atoms with Crippen LogP contribution in [0.3, 0.4) is 0 Å². The summed E-state index contributed by atoms with van der Waals surface area (Å²) < 4.78 is 5.38. The van der Waals surface area contributed by atoms with Gasteiger partial charge >= 0.3 is 0 Å². The highest BCUT2D eigenvalue weighted by Gasteiger charge is 2.18. The molecule has 7 heteroatoms. The highest BCUT2D eigenvalue weighted by atomic mass is 16.5. The lowest BCUT2D eigenvalue weighted by molar-refractivity contribution is 0.122. The van der Waals surface area contributed by atoms with Gasteiger partial charge in [0.2, 0.25) is 17.8 Å². The number of aromatic nitrogens is 3. The van der Waals surface area contributed by atoms with Crippen LogP contribution in [0.4, 0.5) is 17.8 Å². The van der Waals surface area contributed by atoms with Crippen molar-refractivity contribution in [1.29, 1.82) is 0 Å². The van der Waals surface area contributed by atoms with Crippen molar-refractivity contribution in [3.8, 4) is 0 Å². The number of nitrogens with zero attached hydrogens (tertiary/aromatic N) is 4. The number of hydrogen-bond acceptors (Lipinski definition) is 7. The summed E-state index contributed by atoms with van der Waals surface area (Å²) in [6.07, 6.45) is 1.03. The minimum Gasteiger partial charge on any atom is -0.378 e. The molecule has 0 bridgehead atoms. The van der Waals surface area contributed by atoms with Crippen molar-refractivity contribution in [2.24, 2.45) is 0 Å². The van der Waals surface area contributed by atoms with Crippen LogP contribution in [0.25, 0.3) is 0 Å². The van der Waals surface area contributed by atoms with Crippen molar-refractivity contribution < 1.29 is 4.74 Å². The van der Waals surface area contributed by atoms with Crippen LogP contribution in [-0.4, -0.2) is 53.3 Å². The van der Waals surface area contributed by atoms with Crippen LogP contribution < -0.4 is 15.5 Å². The maximum atomic E-state index is 5.38. The average Bonchev–Trinajstić information content (AvgIpc) is 2.44.